The van der Waals surface area contributed by atoms with Gasteiger partial charge < -0.3 is 14.8 Å². The molecule has 0 heterocycles. The van der Waals surface area contributed by atoms with E-state index in [4.69, 9.17) is 9.47 Å². The summed E-state index contributed by atoms with van der Waals surface area (Å²) in [5, 5.41) is 3.12. The first-order valence-corrected chi connectivity index (χ1v) is 12.1. The van der Waals surface area contributed by atoms with E-state index in [-0.39, 0.29) is 11.5 Å². The predicted octanol–water partition coefficient (Wildman–Crippen LogP) is 5.82. The van der Waals surface area contributed by atoms with Crippen LogP contribution >= 0.6 is 0 Å². The van der Waals surface area contributed by atoms with Crippen LogP contribution in [0.3, 0.4) is 0 Å². The van der Waals surface area contributed by atoms with Gasteiger partial charge in [-0.3, -0.25) is 4.79 Å². The maximum Gasteiger partial charge on any atom is 0.263 e. The lowest BCUT2D eigenvalue weighted by atomic mass is 9.77. The van der Waals surface area contributed by atoms with E-state index in [2.05, 4.69) is 29.6 Å². The first kappa shape index (κ1) is 22.8. The lowest BCUT2D eigenvalue weighted by Crippen LogP contribution is -2.47. The van der Waals surface area contributed by atoms with Gasteiger partial charge >= 0.3 is 0 Å². The molecule has 0 spiro atoms. The van der Waals surface area contributed by atoms with Crippen molar-refractivity contribution in [3.05, 3.63) is 65.7 Å². The molecule has 32 heavy (non-hydrogen) atoms. The Morgan fingerprint density at radius 3 is 2.59 bits per heavy atom. The number of hydrogen-bond acceptors (Lipinski definition) is 3. The first-order valence-electron chi connectivity index (χ1n) is 12.1. The molecule has 2 aromatic rings. The van der Waals surface area contributed by atoms with E-state index < -0.39 is 5.60 Å². The first-order chi connectivity index (χ1) is 15.3. The number of rotatable bonds is 9. The van der Waals surface area contributed by atoms with Gasteiger partial charge in [0.25, 0.3) is 5.91 Å². The zero-order valence-electron chi connectivity index (χ0n) is 19.7. The van der Waals surface area contributed by atoms with Crippen LogP contribution in [0.5, 0.6) is 5.75 Å². The summed E-state index contributed by atoms with van der Waals surface area (Å²) < 4.78 is 12.5. The van der Waals surface area contributed by atoms with Crippen molar-refractivity contribution in [2.75, 3.05) is 6.54 Å². The summed E-state index contributed by atoms with van der Waals surface area (Å²) in [7, 11) is 0. The number of carbonyl (C=O) groups excluding carboxylic acids is 1. The van der Waals surface area contributed by atoms with Crippen molar-refractivity contribution >= 4 is 5.91 Å². The van der Waals surface area contributed by atoms with E-state index in [0.717, 1.165) is 24.5 Å². The number of aryl methyl sites for hydroxylation is 1. The van der Waals surface area contributed by atoms with E-state index in [1.54, 1.807) is 0 Å². The molecule has 2 aliphatic carbocycles. The highest BCUT2D eigenvalue weighted by molar-refractivity contribution is 5.84. The second-order valence-corrected chi connectivity index (χ2v) is 10.3. The zero-order chi connectivity index (χ0) is 22.6. The van der Waals surface area contributed by atoms with E-state index in [1.165, 1.54) is 36.8 Å². The molecule has 2 fully saturated rings. The van der Waals surface area contributed by atoms with Gasteiger partial charge in [-0.1, -0.05) is 48.0 Å². The molecule has 0 aliphatic heterocycles. The quantitative estimate of drug-likeness (QED) is 0.539. The lowest BCUT2D eigenvalue weighted by molar-refractivity contribution is -0.134. The standard InChI is InChI=1S/C28H37NO3/c1-21-9-11-25(12-10-21)32-27(2,3)26(30)29-16-14-24-17-23-13-15-28(18-23,19-24)31-20-22-7-5-4-6-8-22/h4-12,23-24H,13-20H2,1-3H3,(H,29,30)/t23-,24?,28-/m0/s1. The van der Waals surface area contributed by atoms with Crippen molar-refractivity contribution in [1.29, 1.82) is 0 Å². The summed E-state index contributed by atoms with van der Waals surface area (Å²) in [6.45, 7) is 7.08. The number of benzene rings is 2. The minimum absolute atomic E-state index is 0.0290. The fourth-order valence-corrected chi connectivity index (χ4v) is 5.44. The van der Waals surface area contributed by atoms with Crippen LogP contribution in [-0.4, -0.2) is 23.7 Å². The van der Waals surface area contributed by atoms with Gasteiger partial charge in [0.2, 0.25) is 0 Å². The molecule has 2 aliphatic rings. The second kappa shape index (κ2) is 9.66. The Morgan fingerprint density at radius 1 is 1.09 bits per heavy atom. The average molecular weight is 436 g/mol. The fraction of sp³-hybridized carbons (Fsp3) is 0.536. The molecular formula is C28H37NO3. The van der Waals surface area contributed by atoms with E-state index in [1.807, 2.05) is 51.1 Å². The molecule has 1 unspecified atom stereocenters. The molecule has 4 heteroatoms. The third-order valence-corrected chi connectivity index (χ3v) is 7.16. The van der Waals surface area contributed by atoms with Crippen molar-refractivity contribution in [1.82, 2.24) is 5.32 Å². The Morgan fingerprint density at radius 2 is 1.84 bits per heavy atom. The van der Waals surface area contributed by atoms with E-state index in [9.17, 15) is 4.79 Å². The van der Waals surface area contributed by atoms with Crippen molar-refractivity contribution in [3.63, 3.8) is 0 Å². The molecule has 0 radical (unpaired) electrons. The molecule has 1 amide bonds. The maximum absolute atomic E-state index is 12.8. The molecule has 0 aromatic heterocycles. The molecular weight excluding hydrogens is 398 g/mol. The van der Waals surface area contributed by atoms with Gasteiger partial charge in [0.1, 0.15) is 5.75 Å². The Kier molecular flexibility index (Phi) is 6.90. The van der Waals surface area contributed by atoms with Gasteiger partial charge in [0, 0.05) is 6.54 Å². The summed E-state index contributed by atoms with van der Waals surface area (Å²) >= 11 is 0. The van der Waals surface area contributed by atoms with Gasteiger partial charge in [0.15, 0.2) is 5.60 Å². The fourth-order valence-electron chi connectivity index (χ4n) is 5.44. The molecule has 2 aromatic carbocycles. The normalized spacial score (nSPS) is 24.8. The number of hydrogen-bond donors (Lipinski definition) is 1. The molecule has 2 saturated carbocycles. The molecule has 4 rings (SSSR count). The van der Waals surface area contributed by atoms with Gasteiger partial charge in [-0.2, -0.15) is 0 Å². The van der Waals surface area contributed by atoms with Crippen molar-refractivity contribution < 1.29 is 14.3 Å². The highest BCUT2D eigenvalue weighted by atomic mass is 16.5. The van der Waals surface area contributed by atoms with Crippen LogP contribution in [0.2, 0.25) is 0 Å². The summed E-state index contributed by atoms with van der Waals surface area (Å²) in [5.74, 6) is 2.03. The SMILES string of the molecule is Cc1ccc(OC(C)(C)C(=O)NCCC2C[C@@H]3CC[C@@](OCc4ccccc4)(C2)C3)cc1. The number of fused-ring (bicyclic) bond motifs is 2. The molecule has 172 valence electrons. The number of nitrogens with one attached hydrogen (secondary N) is 1. The van der Waals surface area contributed by atoms with Crippen LogP contribution < -0.4 is 10.1 Å². The summed E-state index contributed by atoms with van der Waals surface area (Å²) in [4.78, 5) is 12.8. The summed E-state index contributed by atoms with van der Waals surface area (Å²) in [6, 6.07) is 18.3. The molecule has 1 N–H and O–H groups in total. The van der Waals surface area contributed by atoms with Gasteiger partial charge in [-0.15, -0.1) is 0 Å². The highest BCUT2D eigenvalue weighted by Crippen LogP contribution is 2.50. The molecule has 2 bridgehead atoms. The smallest absolute Gasteiger partial charge is 0.263 e. The minimum atomic E-state index is -0.902. The van der Waals surface area contributed by atoms with Crippen molar-refractivity contribution in [3.8, 4) is 5.75 Å². The van der Waals surface area contributed by atoms with E-state index in [0.29, 0.717) is 19.1 Å². The zero-order valence-corrected chi connectivity index (χ0v) is 19.7. The summed E-state index contributed by atoms with van der Waals surface area (Å²) in [6.07, 6.45) is 7.00. The van der Waals surface area contributed by atoms with Crippen molar-refractivity contribution in [2.24, 2.45) is 11.8 Å². The average Bonchev–Trinajstić information content (AvgIpc) is 3.09. The summed E-state index contributed by atoms with van der Waals surface area (Å²) in [5.41, 5.74) is 1.55. The van der Waals surface area contributed by atoms with Crippen LogP contribution in [0.4, 0.5) is 0 Å². The maximum atomic E-state index is 12.8. The number of ether oxygens (including phenoxy) is 2. The van der Waals surface area contributed by atoms with Gasteiger partial charge in [0.05, 0.1) is 12.2 Å². The Labute approximate surface area is 192 Å². The second-order valence-electron chi connectivity index (χ2n) is 10.3. The van der Waals surface area contributed by atoms with Gasteiger partial charge in [-0.25, -0.2) is 0 Å². The largest absolute Gasteiger partial charge is 0.478 e. The monoisotopic (exact) mass is 435 g/mol. The molecule has 0 saturated heterocycles. The Bertz CT molecular complexity index is 893. The molecule has 4 nitrogen and oxygen atoms in total. The third kappa shape index (κ3) is 5.72. The minimum Gasteiger partial charge on any atom is -0.478 e. The third-order valence-electron chi connectivity index (χ3n) is 7.16. The van der Waals surface area contributed by atoms with Crippen LogP contribution in [0.25, 0.3) is 0 Å². The van der Waals surface area contributed by atoms with Gasteiger partial charge in [-0.05, 0) is 88.8 Å². The number of amides is 1. The molecule has 3 atom stereocenters. The van der Waals surface area contributed by atoms with Crippen LogP contribution in [-0.2, 0) is 16.1 Å². The number of carbonyl (C=O) groups is 1. The van der Waals surface area contributed by atoms with Crippen LogP contribution in [0.15, 0.2) is 54.6 Å². The van der Waals surface area contributed by atoms with E-state index >= 15 is 0 Å². The highest BCUT2D eigenvalue weighted by Gasteiger charge is 2.46. The lowest BCUT2D eigenvalue weighted by Gasteiger charge is -2.38. The Balaban J connectivity index is 1.25. The predicted molar refractivity (Wildman–Crippen MR) is 128 cm³/mol. The topological polar surface area (TPSA) is 47.6 Å². The van der Waals surface area contributed by atoms with Crippen molar-refractivity contribution in [2.45, 2.75) is 77.1 Å². The van der Waals surface area contributed by atoms with Crippen LogP contribution in [0, 0.1) is 18.8 Å². The van der Waals surface area contributed by atoms with Crippen LogP contribution in [0.1, 0.15) is 63.5 Å². The Hall–Kier alpha value is -2.33.